The Morgan fingerprint density at radius 3 is 1.43 bits per heavy atom. The molecule has 142 valence electrons. The number of phenolic OH excluding ortho intramolecular Hbond substituents is 2. The van der Waals surface area contributed by atoms with E-state index in [1.165, 1.54) is 0 Å². The molecule has 0 aliphatic carbocycles. The first-order valence-corrected chi connectivity index (χ1v) is 11.9. The van der Waals surface area contributed by atoms with Crippen LogP contribution in [0, 0.1) is 0 Å². The summed E-state index contributed by atoms with van der Waals surface area (Å²) in [5.41, 5.74) is 3.22. The summed E-state index contributed by atoms with van der Waals surface area (Å²) in [6.07, 6.45) is 4.06. The Hall–Kier alpha value is -2.30. The summed E-state index contributed by atoms with van der Waals surface area (Å²) >= 11 is 3.35. The molecule has 4 heteroatoms. The van der Waals surface area contributed by atoms with Gasteiger partial charge in [0.2, 0.25) is 0 Å². The molecule has 0 heterocycles. The highest BCUT2D eigenvalue weighted by Crippen LogP contribution is 2.48. The molecule has 0 fully saturated rings. The van der Waals surface area contributed by atoms with Crippen molar-refractivity contribution in [3.05, 3.63) is 71.8 Å². The summed E-state index contributed by atoms with van der Waals surface area (Å²) in [4.78, 5) is 0. The molecule has 0 aliphatic rings. The van der Waals surface area contributed by atoms with Gasteiger partial charge in [0.15, 0.2) is 0 Å². The van der Waals surface area contributed by atoms with E-state index in [0.29, 0.717) is 11.5 Å². The van der Waals surface area contributed by atoms with Gasteiger partial charge in [0.05, 0.1) is 0 Å². The maximum atomic E-state index is 11.2. The minimum absolute atomic E-state index is 0.259. The predicted octanol–water partition coefficient (Wildman–Crippen LogP) is 6.80. The largest absolute Gasteiger partial charge is 0.507 e. The molecule has 2 N–H and O–H groups in total. The lowest BCUT2D eigenvalue weighted by Crippen LogP contribution is -1.93. The normalized spacial score (nSPS) is 11.4. The first kappa shape index (κ1) is 19.0. The fourth-order valence-corrected chi connectivity index (χ4v) is 4.89. The van der Waals surface area contributed by atoms with E-state index in [-0.39, 0.29) is 11.5 Å². The average molecular weight is 407 g/mol. The van der Waals surface area contributed by atoms with Crippen molar-refractivity contribution in [2.24, 2.45) is 0 Å². The lowest BCUT2D eigenvalue weighted by atomic mass is 9.89. The summed E-state index contributed by atoms with van der Waals surface area (Å²) in [5, 5.41) is 26.5. The highest BCUT2D eigenvalue weighted by atomic mass is 32.2. The van der Waals surface area contributed by atoms with E-state index < -0.39 is 0 Å². The number of benzene rings is 4. The van der Waals surface area contributed by atoms with Crippen molar-refractivity contribution in [3.8, 4) is 22.6 Å². The molecular formula is C24H22O2S2. The van der Waals surface area contributed by atoms with E-state index in [0.717, 1.165) is 43.8 Å². The first-order valence-electron chi connectivity index (χ1n) is 9.11. The van der Waals surface area contributed by atoms with Crippen molar-refractivity contribution in [3.63, 3.8) is 0 Å². The van der Waals surface area contributed by atoms with Gasteiger partial charge in [0.1, 0.15) is 11.5 Å². The van der Waals surface area contributed by atoms with Crippen LogP contribution in [0.25, 0.3) is 32.7 Å². The number of hydrogen-bond donors (Lipinski definition) is 2. The second-order valence-electron chi connectivity index (χ2n) is 6.83. The SMILES string of the molecule is CSCc1cc2ccccc2c(-c2c(O)c(CSC)cc3ccccc23)c1O. The van der Waals surface area contributed by atoms with Crippen molar-refractivity contribution in [1.29, 1.82) is 0 Å². The smallest absolute Gasteiger partial charge is 0.128 e. The van der Waals surface area contributed by atoms with Crippen LogP contribution in [0.2, 0.25) is 0 Å². The predicted molar refractivity (Wildman–Crippen MR) is 125 cm³/mol. The summed E-state index contributed by atoms with van der Waals surface area (Å²) in [6, 6.07) is 20.2. The lowest BCUT2D eigenvalue weighted by Gasteiger charge is -2.18. The van der Waals surface area contributed by atoms with Gasteiger partial charge in [-0.3, -0.25) is 0 Å². The third kappa shape index (κ3) is 3.21. The maximum Gasteiger partial charge on any atom is 0.128 e. The Kier molecular flexibility index (Phi) is 5.42. The molecule has 0 radical (unpaired) electrons. The molecule has 2 nitrogen and oxygen atoms in total. The van der Waals surface area contributed by atoms with Gasteiger partial charge in [0.25, 0.3) is 0 Å². The van der Waals surface area contributed by atoms with Crippen LogP contribution in [0.4, 0.5) is 0 Å². The molecule has 0 aliphatic heterocycles. The molecule has 0 bridgehead atoms. The first-order chi connectivity index (χ1) is 13.7. The summed E-state index contributed by atoms with van der Waals surface area (Å²) in [5.74, 6) is 1.95. The van der Waals surface area contributed by atoms with Crippen LogP contribution in [-0.4, -0.2) is 22.7 Å². The Bertz CT molecular complexity index is 1080. The number of thioether (sulfide) groups is 2. The molecular weight excluding hydrogens is 384 g/mol. The van der Waals surface area contributed by atoms with E-state index in [2.05, 4.69) is 24.3 Å². The fourth-order valence-electron chi connectivity index (χ4n) is 3.83. The topological polar surface area (TPSA) is 40.5 Å². The van der Waals surface area contributed by atoms with Gasteiger partial charge in [-0.25, -0.2) is 0 Å². The quantitative estimate of drug-likeness (QED) is 0.382. The van der Waals surface area contributed by atoms with Crippen molar-refractivity contribution < 1.29 is 10.2 Å². The average Bonchev–Trinajstić information content (AvgIpc) is 2.71. The van der Waals surface area contributed by atoms with Crippen molar-refractivity contribution in [2.75, 3.05) is 12.5 Å². The summed E-state index contributed by atoms with van der Waals surface area (Å²) < 4.78 is 0. The van der Waals surface area contributed by atoms with Crippen LogP contribution in [0.5, 0.6) is 11.5 Å². The van der Waals surface area contributed by atoms with E-state index >= 15 is 0 Å². The molecule has 4 aromatic rings. The number of rotatable bonds is 5. The van der Waals surface area contributed by atoms with Gasteiger partial charge in [-0.15, -0.1) is 0 Å². The number of phenols is 2. The summed E-state index contributed by atoms with van der Waals surface area (Å²) in [7, 11) is 0. The fraction of sp³-hybridized carbons (Fsp3) is 0.167. The molecule has 4 rings (SSSR count). The van der Waals surface area contributed by atoms with Crippen LogP contribution in [-0.2, 0) is 11.5 Å². The van der Waals surface area contributed by atoms with E-state index in [1.54, 1.807) is 23.5 Å². The van der Waals surface area contributed by atoms with Gasteiger partial charge in [-0.1, -0.05) is 48.5 Å². The molecule has 0 saturated heterocycles. The number of hydrogen-bond acceptors (Lipinski definition) is 4. The highest BCUT2D eigenvalue weighted by Gasteiger charge is 2.21. The van der Waals surface area contributed by atoms with Crippen LogP contribution < -0.4 is 0 Å². The lowest BCUT2D eigenvalue weighted by molar-refractivity contribution is 0.465. The maximum absolute atomic E-state index is 11.2. The van der Waals surface area contributed by atoms with Gasteiger partial charge in [0, 0.05) is 33.8 Å². The zero-order valence-electron chi connectivity index (χ0n) is 15.9. The molecule has 28 heavy (non-hydrogen) atoms. The molecule has 0 spiro atoms. The van der Waals surface area contributed by atoms with Gasteiger partial charge >= 0.3 is 0 Å². The third-order valence-electron chi connectivity index (χ3n) is 5.05. The summed E-state index contributed by atoms with van der Waals surface area (Å²) in [6.45, 7) is 0. The Balaban J connectivity index is 2.17. The number of fused-ring (bicyclic) bond motifs is 2. The second-order valence-corrected chi connectivity index (χ2v) is 8.56. The van der Waals surface area contributed by atoms with Crippen molar-refractivity contribution >= 4 is 45.1 Å². The molecule has 4 aromatic carbocycles. The Morgan fingerprint density at radius 1 is 0.643 bits per heavy atom. The standard InChI is InChI=1S/C24H22O2S2/c1-27-13-17-11-15-7-3-5-9-19(15)21(23(17)25)22-20-10-6-4-8-16(20)12-18(14-28-2)24(22)26/h3-12,25-26H,13-14H2,1-2H3. The molecule has 0 aromatic heterocycles. The van der Waals surface area contributed by atoms with Crippen LogP contribution in [0.1, 0.15) is 11.1 Å². The highest BCUT2D eigenvalue weighted by molar-refractivity contribution is 7.98. The minimum Gasteiger partial charge on any atom is -0.507 e. The molecule has 0 unspecified atom stereocenters. The van der Waals surface area contributed by atoms with Crippen molar-refractivity contribution in [2.45, 2.75) is 11.5 Å². The third-order valence-corrected chi connectivity index (χ3v) is 6.25. The monoisotopic (exact) mass is 406 g/mol. The van der Waals surface area contributed by atoms with Crippen LogP contribution in [0.15, 0.2) is 60.7 Å². The van der Waals surface area contributed by atoms with E-state index in [4.69, 9.17) is 0 Å². The second kappa shape index (κ2) is 7.98. The van der Waals surface area contributed by atoms with E-state index in [1.807, 2.05) is 48.9 Å². The van der Waals surface area contributed by atoms with Crippen LogP contribution >= 0.6 is 23.5 Å². The van der Waals surface area contributed by atoms with E-state index in [9.17, 15) is 10.2 Å². The van der Waals surface area contributed by atoms with Crippen LogP contribution in [0.3, 0.4) is 0 Å². The van der Waals surface area contributed by atoms with Gasteiger partial charge in [-0.2, -0.15) is 23.5 Å². The zero-order valence-corrected chi connectivity index (χ0v) is 17.5. The molecule has 0 atom stereocenters. The Morgan fingerprint density at radius 2 is 1.04 bits per heavy atom. The number of aromatic hydroxyl groups is 2. The minimum atomic E-state index is 0.259. The van der Waals surface area contributed by atoms with Gasteiger partial charge in [-0.05, 0) is 46.2 Å². The van der Waals surface area contributed by atoms with Crippen molar-refractivity contribution in [1.82, 2.24) is 0 Å². The van der Waals surface area contributed by atoms with Gasteiger partial charge < -0.3 is 10.2 Å². The molecule has 0 amide bonds. The molecule has 0 saturated carbocycles. The zero-order chi connectivity index (χ0) is 19.7. The Labute approximate surface area is 173 Å².